The zero-order valence-corrected chi connectivity index (χ0v) is 6.75. The van der Waals surface area contributed by atoms with Gasteiger partial charge in [-0.15, -0.1) is 0 Å². The first kappa shape index (κ1) is 8.26. The fourth-order valence-corrected chi connectivity index (χ4v) is 1.12. The number of allylic oxidation sites excluding steroid dienone is 2. The highest BCUT2D eigenvalue weighted by molar-refractivity contribution is 7.88. The standard InChI is InChI=1S/C5H10ClOP/c1-3-4-5-8(2,6)7/h3-4H,5H2,1-2H3. The van der Waals surface area contributed by atoms with Crippen molar-refractivity contribution >= 4 is 17.7 Å². The molecule has 1 unspecified atom stereocenters. The molecule has 0 aromatic carbocycles. The van der Waals surface area contributed by atoms with E-state index in [1.807, 2.05) is 19.1 Å². The Morgan fingerprint density at radius 3 is 2.38 bits per heavy atom. The molecule has 0 N–H and O–H groups in total. The highest BCUT2D eigenvalue weighted by Crippen LogP contribution is 2.46. The second kappa shape index (κ2) is 3.32. The Hall–Kier alpha value is 0.260. The molecule has 1 nitrogen and oxygen atoms in total. The van der Waals surface area contributed by atoms with Crippen LogP contribution in [-0.2, 0) is 4.57 Å². The molecule has 1 atom stereocenters. The third-order valence-corrected chi connectivity index (χ3v) is 1.94. The molecule has 0 aromatic heterocycles. The number of halogens is 1. The molecule has 0 amide bonds. The minimum Gasteiger partial charge on any atom is -0.307 e. The van der Waals surface area contributed by atoms with Gasteiger partial charge in [0, 0.05) is 12.8 Å². The Kier molecular flexibility index (Phi) is 3.43. The second-order valence-electron chi connectivity index (χ2n) is 1.74. The molecule has 0 saturated heterocycles. The number of rotatable bonds is 2. The molecule has 0 heterocycles. The van der Waals surface area contributed by atoms with E-state index in [1.54, 1.807) is 6.66 Å². The topological polar surface area (TPSA) is 17.1 Å². The lowest BCUT2D eigenvalue weighted by atomic mass is 10.6. The van der Waals surface area contributed by atoms with E-state index in [4.69, 9.17) is 11.2 Å². The summed E-state index contributed by atoms with van der Waals surface area (Å²) in [7, 11) is 0. The Labute approximate surface area is 54.9 Å². The molecule has 0 rings (SSSR count). The van der Waals surface area contributed by atoms with Gasteiger partial charge in [0.05, 0.1) is 0 Å². The maximum absolute atomic E-state index is 10.7. The molecule has 0 aliphatic heterocycles. The summed E-state index contributed by atoms with van der Waals surface area (Å²) < 4.78 is 10.7. The van der Waals surface area contributed by atoms with Gasteiger partial charge in [-0.25, -0.2) is 0 Å². The predicted molar refractivity (Wildman–Crippen MR) is 39.1 cm³/mol. The van der Waals surface area contributed by atoms with E-state index in [-0.39, 0.29) is 0 Å². The van der Waals surface area contributed by atoms with Crippen molar-refractivity contribution in [3.8, 4) is 0 Å². The highest BCUT2D eigenvalue weighted by Gasteiger charge is 2.04. The van der Waals surface area contributed by atoms with Gasteiger partial charge in [0.25, 0.3) is 0 Å². The molecule has 48 valence electrons. The molecule has 0 fully saturated rings. The van der Waals surface area contributed by atoms with Gasteiger partial charge in [0.1, 0.15) is 0 Å². The Balaban J connectivity index is 3.57. The number of hydrogen-bond donors (Lipinski definition) is 0. The minimum absolute atomic E-state index is 0.505. The third kappa shape index (κ3) is 6.26. The van der Waals surface area contributed by atoms with Crippen molar-refractivity contribution in [1.82, 2.24) is 0 Å². The van der Waals surface area contributed by atoms with Crippen molar-refractivity contribution in [3.63, 3.8) is 0 Å². The molecular formula is C5H10ClOP. The van der Waals surface area contributed by atoms with Gasteiger partial charge in [-0.2, -0.15) is 0 Å². The lowest BCUT2D eigenvalue weighted by Crippen LogP contribution is -1.71. The smallest absolute Gasteiger partial charge is 0.170 e. The van der Waals surface area contributed by atoms with E-state index in [0.717, 1.165) is 0 Å². The quantitative estimate of drug-likeness (QED) is 0.439. The highest BCUT2D eigenvalue weighted by atomic mass is 35.7. The molecule has 8 heavy (non-hydrogen) atoms. The van der Waals surface area contributed by atoms with Crippen LogP contribution in [0.5, 0.6) is 0 Å². The van der Waals surface area contributed by atoms with Crippen molar-refractivity contribution in [2.24, 2.45) is 0 Å². The van der Waals surface area contributed by atoms with Crippen LogP contribution in [0, 0.1) is 0 Å². The summed E-state index contributed by atoms with van der Waals surface area (Å²) in [5, 5.41) is 0. The predicted octanol–water partition coefficient (Wildman–Crippen LogP) is 2.71. The van der Waals surface area contributed by atoms with Crippen LogP contribution in [0.4, 0.5) is 0 Å². The average Bonchev–Trinajstić information content (AvgIpc) is 1.59. The van der Waals surface area contributed by atoms with E-state index < -0.39 is 6.49 Å². The monoisotopic (exact) mass is 152 g/mol. The Morgan fingerprint density at radius 2 is 2.25 bits per heavy atom. The van der Waals surface area contributed by atoms with E-state index in [1.165, 1.54) is 0 Å². The van der Waals surface area contributed by atoms with Crippen LogP contribution in [0.1, 0.15) is 6.92 Å². The Bertz CT molecular complexity index is 124. The van der Waals surface area contributed by atoms with Crippen molar-refractivity contribution < 1.29 is 4.57 Å². The van der Waals surface area contributed by atoms with Crippen LogP contribution < -0.4 is 0 Å². The zero-order valence-electron chi connectivity index (χ0n) is 5.10. The summed E-state index contributed by atoms with van der Waals surface area (Å²) in [5.41, 5.74) is 0. The van der Waals surface area contributed by atoms with E-state index in [9.17, 15) is 4.57 Å². The van der Waals surface area contributed by atoms with Crippen LogP contribution in [-0.4, -0.2) is 12.8 Å². The second-order valence-corrected chi connectivity index (χ2v) is 6.22. The minimum atomic E-state index is -2.30. The molecule has 3 heteroatoms. The lowest BCUT2D eigenvalue weighted by Gasteiger charge is -1.94. The fraction of sp³-hybridized carbons (Fsp3) is 0.600. The molecule has 0 aromatic rings. The largest absolute Gasteiger partial charge is 0.307 e. The van der Waals surface area contributed by atoms with Gasteiger partial charge < -0.3 is 4.57 Å². The van der Waals surface area contributed by atoms with Crippen LogP contribution in [0.2, 0.25) is 0 Å². The summed E-state index contributed by atoms with van der Waals surface area (Å²) in [4.78, 5) is 0. The molecule has 0 saturated carbocycles. The van der Waals surface area contributed by atoms with Gasteiger partial charge in [-0.05, 0) is 6.92 Å². The Morgan fingerprint density at radius 1 is 1.75 bits per heavy atom. The van der Waals surface area contributed by atoms with Gasteiger partial charge in [-0.3, -0.25) is 0 Å². The van der Waals surface area contributed by atoms with Crippen LogP contribution >= 0.6 is 17.7 Å². The van der Waals surface area contributed by atoms with E-state index in [2.05, 4.69) is 0 Å². The van der Waals surface area contributed by atoms with Crippen LogP contribution in [0.25, 0.3) is 0 Å². The summed E-state index contributed by atoms with van der Waals surface area (Å²) in [6.07, 6.45) is 4.16. The van der Waals surface area contributed by atoms with E-state index in [0.29, 0.717) is 6.16 Å². The van der Waals surface area contributed by atoms with Crippen molar-refractivity contribution in [1.29, 1.82) is 0 Å². The molecule has 0 bridgehead atoms. The summed E-state index contributed by atoms with van der Waals surface area (Å²) in [5.74, 6) is 0. The third-order valence-electron chi connectivity index (χ3n) is 0.667. The fourth-order valence-electron chi connectivity index (χ4n) is 0.294. The summed E-state index contributed by atoms with van der Waals surface area (Å²) in [6.45, 7) is 1.15. The van der Waals surface area contributed by atoms with Gasteiger partial charge in [0.15, 0.2) is 6.49 Å². The van der Waals surface area contributed by atoms with Crippen molar-refractivity contribution in [2.75, 3.05) is 12.8 Å². The van der Waals surface area contributed by atoms with Crippen LogP contribution in [0.15, 0.2) is 12.2 Å². The van der Waals surface area contributed by atoms with Gasteiger partial charge in [-0.1, -0.05) is 23.4 Å². The van der Waals surface area contributed by atoms with Crippen molar-refractivity contribution in [2.45, 2.75) is 6.92 Å². The first-order valence-electron chi connectivity index (χ1n) is 2.43. The average molecular weight is 153 g/mol. The normalized spacial score (nSPS) is 18.9. The molecule has 0 aliphatic carbocycles. The molecule has 0 radical (unpaired) electrons. The molecule has 0 aliphatic rings. The maximum atomic E-state index is 10.7. The summed E-state index contributed by atoms with van der Waals surface area (Å²) >= 11 is 5.42. The zero-order chi connectivity index (χ0) is 6.62. The first-order chi connectivity index (χ1) is 3.56. The van der Waals surface area contributed by atoms with Gasteiger partial charge in [0.2, 0.25) is 0 Å². The molecule has 0 spiro atoms. The van der Waals surface area contributed by atoms with E-state index >= 15 is 0 Å². The number of hydrogen-bond acceptors (Lipinski definition) is 1. The van der Waals surface area contributed by atoms with Gasteiger partial charge >= 0.3 is 0 Å². The first-order valence-corrected chi connectivity index (χ1v) is 5.68. The summed E-state index contributed by atoms with van der Waals surface area (Å²) in [6, 6.07) is 0. The maximum Gasteiger partial charge on any atom is 0.170 e. The SMILES string of the molecule is CC=CCP(C)(=O)Cl. The van der Waals surface area contributed by atoms with Crippen LogP contribution in [0.3, 0.4) is 0 Å². The lowest BCUT2D eigenvalue weighted by molar-refractivity contribution is 0.589. The van der Waals surface area contributed by atoms with Crippen molar-refractivity contribution in [3.05, 3.63) is 12.2 Å². The molecular weight excluding hydrogens is 142 g/mol.